The molecule has 2 aliphatic rings. The number of carboxylic acid groups (broad SMARTS) is 1. The van der Waals surface area contributed by atoms with Gasteiger partial charge in [-0.25, -0.2) is 14.1 Å². The number of hydrogen-bond acceptors (Lipinski definition) is 3. The van der Waals surface area contributed by atoms with Gasteiger partial charge in [0.15, 0.2) is 0 Å². The summed E-state index contributed by atoms with van der Waals surface area (Å²) in [6.07, 6.45) is 1.21. The molecule has 1 heterocycles. The summed E-state index contributed by atoms with van der Waals surface area (Å²) < 4.78 is 14.2. The van der Waals surface area contributed by atoms with Crippen LogP contribution in [-0.4, -0.2) is 45.4 Å². The fraction of sp³-hybridized carbons (Fsp3) is 0.375. The van der Waals surface area contributed by atoms with E-state index in [4.69, 9.17) is 0 Å². The first kappa shape index (κ1) is 22.5. The highest BCUT2D eigenvalue weighted by Crippen LogP contribution is 2.38. The molecule has 0 bridgehead atoms. The van der Waals surface area contributed by atoms with Crippen molar-refractivity contribution in [1.82, 2.24) is 9.80 Å². The van der Waals surface area contributed by atoms with Crippen LogP contribution in [0.5, 0.6) is 0 Å². The average molecular weight is 503 g/mol. The summed E-state index contributed by atoms with van der Waals surface area (Å²) in [5, 5.41) is 9.75. The molecule has 0 aromatic heterocycles. The fourth-order valence-corrected chi connectivity index (χ4v) is 5.31. The van der Waals surface area contributed by atoms with E-state index in [-0.39, 0.29) is 17.9 Å². The van der Waals surface area contributed by atoms with Crippen molar-refractivity contribution in [2.75, 3.05) is 6.54 Å². The number of carbonyl (C=O) groups excluding carboxylic acids is 2. The Balaban J connectivity index is 1.54. The Morgan fingerprint density at radius 1 is 1.12 bits per heavy atom. The second kappa shape index (κ2) is 9.02. The molecule has 8 heteroatoms. The van der Waals surface area contributed by atoms with Crippen molar-refractivity contribution in [3.63, 3.8) is 0 Å². The Labute approximate surface area is 194 Å². The van der Waals surface area contributed by atoms with Crippen LogP contribution in [0.25, 0.3) is 0 Å². The van der Waals surface area contributed by atoms with Gasteiger partial charge in [-0.15, -0.1) is 0 Å². The third kappa shape index (κ3) is 4.28. The highest BCUT2D eigenvalue weighted by Gasteiger charge is 2.40. The van der Waals surface area contributed by atoms with E-state index in [9.17, 15) is 23.9 Å². The summed E-state index contributed by atoms with van der Waals surface area (Å²) in [6, 6.07) is 11.2. The van der Waals surface area contributed by atoms with Crippen molar-refractivity contribution in [2.24, 2.45) is 0 Å². The zero-order chi connectivity index (χ0) is 23.0. The van der Waals surface area contributed by atoms with Gasteiger partial charge >= 0.3 is 6.09 Å². The summed E-state index contributed by atoms with van der Waals surface area (Å²) >= 11 is 3.42. The van der Waals surface area contributed by atoms with Crippen molar-refractivity contribution in [1.29, 1.82) is 0 Å². The molecule has 1 N–H and O–H groups in total. The van der Waals surface area contributed by atoms with Crippen LogP contribution >= 0.6 is 15.9 Å². The maximum absolute atomic E-state index is 13.3. The van der Waals surface area contributed by atoms with Gasteiger partial charge in [-0.2, -0.15) is 0 Å². The molecule has 4 rings (SSSR count). The monoisotopic (exact) mass is 502 g/mol. The van der Waals surface area contributed by atoms with E-state index in [1.165, 1.54) is 12.1 Å². The van der Waals surface area contributed by atoms with Gasteiger partial charge in [0.05, 0.1) is 12.0 Å². The molecular weight excluding hydrogens is 479 g/mol. The molecule has 3 atom stereocenters. The van der Waals surface area contributed by atoms with Crippen LogP contribution in [0.4, 0.5) is 9.18 Å². The number of fused-ring (bicyclic) bond motifs is 1. The maximum atomic E-state index is 13.3. The van der Waals surface area contributed by atoms with Gasteiger partial charge < -0.3 is 10.0 Å². The topological polar surface area (TPSA) is 77.9 Å². The zero-order valence-corrected chi connectivity index (χ0v) is 19.2. The van der Waals surface area contributed by atoms with Crippen LogP contribution in [0.2, 0.25) is 0 Å². The molecule has 0 saturated carbocycles. The highest BCUT2D eigenvalue weighted by molar-refractivity contribution is 9.10. The van der Waals surface area contributed by atoms with E-state index >= 15 is 0 Å². The van der Waals surface area contributed by atoms with Crippen molar-refractivity contribution >= 4 is 33.8 Å². The first-order valence-corrected chi connectivity index (χ1v) is 11.4. The van der Waals surface area contributed by atoms with Gasteiger partial charge in [0.1, 0.15) is 12.4 Å². The van der Waals surface area contributed by atoms with E-state index < -0.39 is 30.4 Å². The number of likely N-dealkylation sites (tertiary alicyclic amines) is 1. The second-order valence-electron chi connectivity index (χ2n) is 8.44. The highest BCUT2D eigenvalue weighted by atomic mass is 79.9. The lowest BCUT2D eigenvalue weighted by Crippen LogP contribution is -2.48. The number of aryl methyl sites for hydroxylation is 1. The summed E-state index contributed by atoms with van der Waals surface area (Å²) in [4.78, 5) is 40.7. The Hall–Kier alpha value is -2.74. The number of imide groups is 1. The van der Waals surface area contributed by atoms with Crippen LogP contribution in [0.15, 0.2) is 46.9 Å². The fourth-order valence-electron chi connectivity index (χ4n) is 4.90. The number of amides is 3. The number of benzene rings is 2. The molecule has 0 unspecified atom stereocenters. The van der Waals surface area contributed by atoms with E-state index in [1.807, 2.05) is 25.1 Å². The molecule has 168 valence electrons. The lowest BCUT2D eigenvalue weighted by molar-refractivity contribution is -0.141. The van der Waals surface area contributed by atoms with Crippen molar-refractivity contribution in [2.45, 2.75) is 50.6 Å². The largest absolute Gasteiger partial charge is 0.465 e. The lowest BCUT2D eigenvalue weighted by Gasteiger charge is -2.31. The summed E-state index contributed by atoms with van der Waals surface area (Å²) in [6.45, 7) is 1.37. The molecule has 1 saturated heterocycles. The smallest absolute Gasteiger partial charge is 0.414 e. The summed E-state index contributed by atoms with van der Waals surface area (Å²) in [5.74, 6) is -1.93. The first-order valence-electron chi connectivity index (χ1n) is 10.7. The van der Waals surface area contributed by atoms with Gasteiger partial charge in [0.2, 0.25) is 11.8 Å². The molecule has 2 aromatic carbocycles. The van der Waals surface area contributed by atoms with E-state index in [1.54, 1.807) is 17.0 Å². The predicted octanol–water partition coefficient (Wildman–Crippen LogP) is 4.88. The lowest BCUT2D eigenvalue weighted by atomic mass is 10.00. The minimum absolute atomic E-state index is 0.104. The quantitative estimate of drug-likeness (QED) is 0.646. The van der Waals surface area contributed by atoms with Crippen molar-refractivity contribution in [3.05, 3.63) is 69.4 Å². The second-order valence-corrected chi connectivity index (χ2v) is 9.35. The predicted molar refractivity (Wildman–Crippen MR) is 120 cm³/mol. The molecule has 1 fully saturated rings. The van der Waals surface area contributed by atoms with Crippen LogP contribution in [-0.2, 0) is 16.0 Å². The zero-order valence-electron chi connectivity index (χ0n) is 17.6. The van der Waals surface area contributed by atoms with Crippen LogP contribution in [0.3, 0.4) is 0 Å². The van der Waals surface area contributed by atoms with Gasteiger partial charge in [-0.3, -0.25) is 9.59 Å². The molecule has 2 aromatic rings. The Morgan fingerprint density at radius 2 is 1.84 bits per heavy atom. The number of hydrogen-bond donors (Lipinski definition) is 1. The molecule has 6 nitrogen and oxygen atoms in total. The molecule has 0 radical (unpaired) electrons. The normalized spacial score (nSPS) is 22.0. The molecular formula is C24H24BrFN2O4. The minimum Gasteiger partial charge on any atom is -0.465 e. The Kier molecular flexibility index (Phi) is 6.33. The van der Waals surface area contributed by atoms with E-state index in [2.05, 4.69) is 15.9 Å². The molecule has 3 amide bonds. The third-order valence-corrected chi connectivity index (χ3v) is 6.98. The van der Waals surface area contributed by atoms with Gasteiger partial charge in [-0.05, 0) is 73.6 Å². The standard InChI is InChI=1S/C24H24BrFN2O4/c1-14-2-11-21(15-3-7-18(26)8-4-15)28(14)22(29)13-27(24(31)32)23(30)20-9-5-16-12-17(25)6-10-19(16)20/h3-4,6-8,10,12,14,20-21H,2,5,9,11,13H2,1H3,(H,31,32)/t14-,20-,21-/m0/s1. The van der Waals surface area contributed by atoms with Gasteiger partial charge in [0, 0.05) is 10.5 Å². The van der Waals surface area contributed by atoms with Crippen LogP contribution in [0.1, 0.15) is 54.8 Å². The average Bonchev–Trinajstić information content (AvgIpc) is 3.35. The third-order valence-electron chi connectivity index (χ3n) is 6.48. The molecule has 1 aliphatic heterocycles. The van der Waals surface area contributed by atoms with E-state index in [0.29, 0.717) is 24.2 Å². The number of nitrogens with zero attached hydrogens (tertiary/aromatic N) is 2. The van der Waals surface area contributed by atoms with Gasteiger partial charge in [0.25, 0.3) is 0 Å². The molecule has 1 aliphatic carbocycles. The molecule has 32 heavy (non-hydrogen) atoms. The van der Waals surface area contributed by atoms with E-state index in [0.717, 1.165) is 27.6 Å². The number of halogens is 2. The van der Waals surface area contributed by atoms with Crippen LogP contribution in [0, 0.1) is 5.82 Å². The summed E-state index contributed by atoms with van der Waals surface area (Å²) in [5.41, 5.74) is 2.63. The number of carbonyl (C=O) groups is 3. The first-order chi connectivity index (χ1) is 15.3. The minimum atomic E-state index is -1.43. The van der Waals surface area contributed by atoms with Gasteiger partial charge in [-0.1, -0.05) is 34.1 Å². The summed E-state index contributed by atoms with van der Waals surface area (Å²) in [7, 11) is 0. The Bertz CT molecular complexity index is 1060. The maximum Gasteiger partial charge on any atom is 0.414 e. The SMILES string of the molecule is C[C@H]1CC[C@@H](c2ccc(F)cc2)N1C(=O)CN(C(=O)O)C(=O)[C@H]1CCc2cc(Br)ccc21. The molecule has 0 spiro atoms. The Morgan fingerprint density at radius 3 is 2.53 bits per heavy atom. The van der Waals surface area contributed by atoms with Crippen molar-refractivity contribution in [3.8, 4) is 0 Å². The van der Waals surface area contributed by atoms with Crippen LogP contribution < -0.4 is 0 Å². The number of rotatable bonds is 4. The van der Waals surface area contributed by atoms with Crippen molar-refractivity contribution < 1.29 is 23.9 Å².